The van der Waals surface area contributed by atoms with Crippen molar-refractivity contribution in [3.8, 4) is 5.75 Å². The zero-order valence-corrected chi connectivity index (χ0v) is 12.4. The molecule has 0 aliphatic carbocycles. The summed E-state index contributed by atoms with van der Waals surface area (Å²) in [6.07, 6.45) is 1.38. The fourth-order valence-corrected chi connectivity index (χ4v) is 1.72. The van der Waals surface area contributed by atoms with E-state index in [-0.39, 0.29) is 11.6 Å². The van der Waals surface area contributed by atoms with Crippen molar-refractivity contribution in [1.29, 1.82) is 0 Å². The van der Waals surface area contributed by atoms with Crippen LogP contribution in [0.3, 0.4) is 0 Å². The highest BCUT2D eigenvalue weighted by molar-refractivity contribution is 6.04. The summed E-state index contributed by atoms with van der Waals surface area (Å²) >= 11 is 0. The van der Waals surface area contributed by atoms with E-state index in [9.17, 15) is 4.79 Å². The molecule has 2 rings (SSSR count). The number of ether oxygens (including phenoxy) is 1. The Morgan fingerprint density at radius 2 is 1.90 bits per heavy atom. The Morgan fingerprint density at radius 1 is 1.19 bits per heavy atom. The maximum atomic E-state index is 12.1. The third kappa shape index (κ3) is 4.06. The number of amides is 1. The Labute approximate surface area is 123 Å². The second kappa shape index (κ2) is 6.90. The lowest BCUT2D eigenvalue weighted by Crippen LogP contribution is -2.26. The first-order chi connectivity index (χ1) is 10.1. The molecule has 1 heterocycles. The van der Waals surface area contributed by atoms with E-state index in [4.69, 9.17) is 4.74 Å². The second-order valence-electron chi connectivity index (χ2n) is 4.89. The zero-order valence-electron chi connectivity index (χ0n) is 12.4. The highest BCUT2D eigenvalue weighted by atomic mass is 16.5. The summed E-state index contributed by atoms with van der Waals surface area (Å²) in [5.41, 5.74) is 1.05. The van der Waals surface area contributed by atoms with Gasteiger partial charge in [-0.25, -0.2) is 0 Å². The average Bonchev–Trinajstić information content (AvgIpc) is 3.00. The number of likely N-dealkylation sites (N-methyl/N-ethyl adjacent to an activating group) is 1. The van der Waals surface area contributed by atoms with Crippen LogP contribution < -0.4 is 9.64 Å². The van der Waals surface area contributed by atoms with Gasteiger partial charge in [0, 0.05) is 25.3 Å². The van der Waals surface area contributed by atoms with Crippen LogP contribution in [-0.4, -0.2) is 50.3 Å². The molecule has 0 saturated heterocycles. The van der Waals surface area contributed by atoms with E-state index in [1.165, 1.54) is 17.2 Å². The maximum Gasteiger partial charge on any atom is 0.280 e. The third-order valence-corrected chi connectivity index (χ3v) is 2.99. The SMILES string of the molecule is CN(C)CCOc1ccc(N(C)C(=O)c2ccon2)cc1. The average molecular weight is 289 g/mol. The predicted octanol–water partition coefficient (Wildman–Crippen LogP) is 1.89. The van der Waals surface area contributed by atoms with Gasteiger partial charge >= 0.3 is 0 Å². The van der Waals surface area contributed by atoms with Crippen molar-refractivity contribution in [3.05, 3.63) is 42.3 Å². The molecule has 0 aliphatic rings. The van der Waals surface area contributed by atoms with Crippen LogP contribution in [0.5, 0.6) is 5.75 Å². The lowest BCUT2D eigenvalue weighted by Gasteiger charge is -2.16. The molecule has 1 aromatic carbocycles. The van der Waals surface area contributed by atoms with Crippen molar-refractivity contribution in [2.45, 2.75) is 0 Å². The molecule has 21 heavy (non-hydrogen) atoms. The standard InChI is InChI=1S/C15H19N3O3/c1-17(2)9-11-20-13-6-4-12(5-7-13)18(3)15(19)14-8-10-21-16-14/h4-8,10H,9,11H2,1-3H3. The van der Waals surface area contributed by atoms with Crippen molar-refractivity contribution in [2.75, 3.05) is 39.2 Å². The van der Waals surface area contributed by atoms with Crippen LogP contribution in [0.2, 0.25) is 0 Å². The van der Waals surface area contributed by atoms with E-state index < -0.39 is 0 Å². The highest BCUT2D eigenvalue weighted by Gasteiger charge is 2.16. The molecule has 0 radical (unpaired) electrons. The largest absolute Gasteiger partial charge is 0.492 e. The van der Waals surface area contributed by atoms with Gasteiger partial charge in [0.05, 0.1) is 0 Å². The molecule has 0 bridgehead atoms. The van der Waals surface area contributed by atoms with Crippen LogP contribution in [0.1, 0.15) is 10.5 Å². The Balaban J connectivity index is 1.96. The zero-order chi connectivity index (χ0) is 15.2. The molecule has 0 fully saturated rings. The second-order valence-corrected chi connectivity index (χ2v) is 4.89. The van der Waals surface area contributed by atoms with Gasteiger partial charge < -0.3 is 19.1 Å². The van der Waals surface area contributed by atoms with Gasteiger partial charge in [-0.3, -0.25) is 4.79 Å². The summed E-state index contributed by atoms with van der Waals surface area (Å²) in [7, 11) is 5.69. The van der Waals surface area contributed by atoms with E-state index in [0.29, 0.717) is 6.61 Å². The number of benzene rings is 1. The first kappa shape index (κ1) is 15.1. The number of rotatable bonds is 6. The number of aromatic nitrogens is 1. The molecule has 1 aromatic heterocycles. The molecule has 6 heteroatoms. The van der Waals surface area contributed by atoms with E-state index >= 15 is 0 Å². The smallest absolute Gasteiger partial charge is 0.280 e. The first-order valence-electron chi connectivity index (χ1n) is 6.64. The molecule has 0 unspecified atom stereocenters. The topological polar surface area (TPSA) is 58.8 Å². The molecule has 0 saturated carbocycles. The van der Waals surface area contributed by atoms with Crippen LogP contribution in [0.4, 0.5) is 5.69 Å². The van der Waals surface area contributed by atoms with E-state index in [2.05, 4.69) is 14.6 Å². The Hall–Kier alpha value is -2.34. The van der Waals surface area contributed by atoms with Crippen LogP contribution >= 0.6 is 0 Å². The van der Waals surface area contributed by atoms with Gasteiger partial charge in [0.15, 0.2) is 5.69 Å². The Bertz CT molecular complexity index is 564. The maximum absolute atomic E-state index is 12.1. The number of carbonyl (C=O) groups is 1. The van der Waals surface area contributed by atoms with Gasteiger partial charge in [0.1, 0.15) is 18.6 Å². The summed E-state index contributed by atoms with van der Waals surface area (Å²) in [4.78, 5) is 15.7. The summed E-state index contributed by atoms with van der Waals surface area (Å²) in [5.74, 6) is 0.563. The Kier molecular flexibility index (Phi) is 4.94. The predicted molar refractivity (Wildman–Crippen MR) is 79.7 cm³/mol. The van der Waals surface area contributed by atoms with Gasteiger partial charge in [-0.05, 0) is 38.4 Å². The third-order valence-electron chi connectivity index (χ3n) is 2.99. The van der Waals surface area contributed by atoms with E-state index in [1.807, 2.05) is 38.4 Å². The molecule has 1 amide bonds. The van der Waals surface area contributed by atoms with E-state index in [0.717, 1.165) is 18.0 Å². The normalized spacial score (nSPS) is 10.7. The molecular weight excluding hydrogens is 270 g/mol. The summed E-state index contributed by atoms with van der Waals surface area (Å²) in [6.45, 7) is 1.48. The molecule has 0 atom stereocenters. The van der Waals surface area contributed by atoms with Crippen molar-refractivity contribution in [1.82, 2.24) is 10.1 Å². The minimum atomic E-state index is -0.218. The molecular formula is C15H19N3O3. The molecule has 0 N–H and O–H groups in total. The fourth-order valence-electron chi connectivity index (χ4n) is 1.72. The van der Waals surface area contributed by atoms with Gasteiger partial charge in [-0.1, -0.05) is 5.16 Å². The van der Waals surface area contributed by atoms with Gasteiger partial charge in [-0.2, -0.15) is 0 Å². The number of hydrogen-bond acceptors (Lipinski definition) is 5. The number of anilines is 1. The van der Waals surface area contributed by atoms with Crippen LogP contribution in [-0.2, 0) is 0 Å². The quantitative estimate of drug-likeness (QED) is 0.813. The van der Waals surface area contributed by atoms with Crippen LogP contribution in [0.15, 0.2) is 41.1 Å². The van der Waals surface area contributed by atoms with Crippen molar-refractivity contribution in [2.24, 2.45) is 0 Å². The molecule has 0 aliphatic heterocycles. The van der Waals surface area contributed by atoms with Crippen LogP contribution in [0.25, 0.3) is 0 Å². The summed E-state index contributed by atoms with van der Waals surface area (Å²) < 4.78 is 10.3. The monoisotopic (exact) mass is 289 g/mol. The highest BCUT2D eigenvalue weighted by Crippen LogP contribution is 2.19. The van der Waals surface area contributed by atoms with Gasteiger partial charge in [-0.15, -0.1) is 0 Å². The summed E-state index contributed by atoms with van der Waals surface area (Å²) in [6, 6.07) is 8.90. The Morgan fingerprint density at radius 3 is 2.48 bits per heavy atom. The minimum absolute atomic E-state index is 0.218. The molecule has 112 valence electrons. The van der Waals surface area contributed by atoms with Crippen molar-refractivity contribution < 1.29 is 14.1 Å². The number of nitrogens with zero attached hydrogens (tertiary/aromatic N) is 3. The van der Waals surface area contributed by atoms with Crippen molar-refractivity contribution in [3.63, 3.8) is 0 Å². The van der Waals surface area contributed by atoms with E-state index in [1.54, 1.807) is 7.05 Å². The van der Waals surface area contributed by atoms with Crippen LogP contribution in [0, 0.1) is 0 Å². The summed E-state index contributed by atoms with van der Waals surface area (Å²) in [5, 5.41) is 3.64. The first-order valence-corrected chi connectivity index (χ1v) is 6.64. The molecule has 6 nitrogen and oxygen atoms in total. The molecule has 2 aromatic rings. The minimum Gasteiger partial charge on any atom is -0.492 e. The molecule has 0 spiro atoms. The number of hydrogen-bond donors (Lipinski definition) is 0. The lowest BCUT2D eigenvalue weighted by molar-refractivity contribution is 0.0984. The van der Waals surface area contributed by atoms with Gasteiger partial charge in [0.2, 0.25) is 0 Å². The van der Waals surface area contributed by atoms with Crippen molar-refractivity contribution >= 4 is 11.6 Å². The lowest BCUT2D eigenvalue weighted by atomic mass is 10.2. The van der Waals surface area contributed by atoms with Gasteiger partial charge in [0.25, 0.3) is 5.91 Å². The fraction of sp³-hybridized carbons (Fsp3) is 0.333. The number of carbonyl (C=O) groups excluding carboxylic acids is 1.